The third-order valence-electron chi connectivity index (χ3n) is 8.30. The van der Waals surface area contributed by atoms with E-state index in [-0.39, 0.29) is 17.8 Å². The van der Waals surface area contributed by atoms with Crippen molar-refractivity contribution in [2.45, 2.75) is 70.7 Å². The second kappa shape index (κ2) is 4.31. The van der Waals surface area contributed by atoms with Crippen LogP contribution in [0.2, 0.25) is 0 Å². The van der Waals surface area contributed by atoms with Crippen LogP contribution in [0.4, 0.5) is 0 Å². The molecule has 1 N–H and O–H groups in total. The average molecular weight is 390 g/mol. The van der Waals surface area contributed by atoms with E-state index in [1.807, 2.05) is 20.8 Å². The number of aliphatic hydroxyl groups excluding tert-OH is 1. The van der Waals surface area contributed by atoms with Crippen molar-refractivity contribution in [2.24, 2.45) is 22.2 Å². The Morgan fingerprint density at radius 1 is 1.11 bits per heavy atom. The molecule has 3 saturated heterocycles. The summed E-state index contributed by atoms with van der Waals surface area (Å²) in [5.74, 6) is -1.97. The second-order valence-electron chi connectivity index (χ2n) is 10.1. The number of ether oxygens (including phenoxy) is 4. The molecule has 0 aromatic rings. The van der Waals surface area contributed by atoms with Crippen molar-refractivity contribution in [2.75, 3.05) is 0 Å². The molecule has 2 aliphatic carbocycles. The molecule has 2 saturated carbocycles. The Hall–Kier alpha value is -1.93. The Balaban J connectivity index is 1.70. The van der Waals surface area contributed by atoms with E-state index < -0.39 is 58.9 Å². The summed E-state index contributed by atoms with van der Waals surface area (Å²) in [5.41, 5.74) is -3.18. The van der Waals surface area contributed by atoms with E-state index in [1.54, 1.807) is 6.92 Å². The number of fused-ring (bicyclic) bond motifs is 1. The summed E-state index contributed by atoms with van der Waals surface area (Å²) < 4.78 is 23.2. The normalized spacial score (nSPS) is 53.0. The smallest absolute Gasteiger partial charge is 0.344 e. The van der Waals surface area contributed by atoms with E-state index in [0.717, 1.165) is 0 Å². The van der Waals surface area contributed by atoms with Crippen LogP contribution < -0.4 is 0 Å². The van der Waals surface area contributed by atoms with Crippen LogP contribution in [0.15, 0.2) is 11.1 Å². The minimum atomic E-state index is -1.55. The van der Waals surface area contributed by atoms with Crippen LogP contribution in [0.1, 0.15) is 40.5 Å². The molecule has 0 aromatic carbocycles. The van der Waals surface area contributed by atoms with Gasteiger partial charge in [-0.1, -0.05) is 20.8 Å². The minimum Gasteiger partial charge on any atom is -0.459 e. The van der Waals surface area contributed by atoms with E-state index in [0.29, 0.717) is 17.6 Å². The van der Waals surface area contributed by atoms with Crippen molar-refractivity contribution < 1.29 is 38.4 Å². The van der Waals surface area contributed by atoms with Gasteiger partial charge >= 0.3 is 17.9 Å². The molecule has 3 unspecified atom stereocenters. The zero-order valence-electron chi connectivity index (χ0n) is 16.1. The van der Waals surface area contributed by atoms with Gasteiger partial charge in [0.1, 0.15) is 12.2 Å². The third-order valence-corrected chi connectivity index (χ3v) is 8.30. The number of hydrogen-bond donors (Lipinski definition) is 1. The number of hydrogen-bond acceptors (Lipinski definition) is 8. The lowest BCUT2D eigenvalue weighted by Crippen LogP contribution is -2.58. The van der Waals surface area contributed by atoms with Gasteiger partial charge in [-0.3, -0.25) is 0 Å². The number of esters is 3. The molecule has 8 atom stereocenters. The van der Waals surface area contributed by atoms with Gasteiger partial charge in [0.05, 0.1) is 10.8 Å². The summed E-state index contributed by atoms with van der Waals surface area (Å²) in [5, 5.41) is 11.2. The van der Waals surface area contributed by atoms with Gasteiger partial charge in [-0.2, -0.15) is 0 Å². The minimum absolute atomic E-state index is 0.193. The highest BCUT2D eigenvalue weighted by Crippen LogP contribution is 2.83. The number of carbonyl (C=O) groups is 3. The Bertz CT molecular complexity index is 914. The van der Waals surface area contributed by atoms with Gasteiger partial charge in [0.25, 0.3) is 0 Å². The molecule has 6 aliphatic rings. The van der Waals surface area contributed by atoms with E-state index in [2.05, 4.69) is 0 Å². The predicted molar refractivity (Wildman–Crippen MR) is 89.2 cm³/mol. The fourth-order valence-electron chi connectivity index (χ4n) is 7.60. The molecular weight excluding hydrogens is 368 g/mol. The topological polar surface area (TPSA) is 108 Å². The lowest BCUT2D eigenvalue weighted by atomic mass is 9.52. The number of aliphatic hydroxyl groups is 1. The van der Waals surface area contributed by atoms with Crippen molar-refractivity contribution >= 4 is 17.9 Å². The maximum Gasteiger partial charge on any atom is 0.344 e. The standard InChI is InChI=1S/C20H22O8/c1-7-11-8(25-13(7)22)6-18-10-5-9(17(2,3)4)19(18)12(21)14(23)27-16(19)28-20(11,18)15(24)26-10/h8-10,12,16,21H,5-6H2,1-4H3/t8?,9-,10+,12-,16-,18?,19?,20+/m0/s1. The Labute approximate surface area is 161 Å². The maximum atomic E-state index is 13.2. The Morgan fingerprint density at radius 2 is 1.82 bits per heavy atom. The molecule has 8 nitrogen and oxygen atoms in total. The van der Waals surface area contributed by atoms with Gasteiger partial charge in [0.2, 0.25) is 11.9 Å². The fourth-order valence-corrected chi connectivity index (χ4v) is 7.60. The molecule has 150 valence electrons. The van der Waals surface area contributed by atoms with Crippen molar-refractivity contribution in [3.63, 3.8) is 0 Å². The van der Waals surface area contributed by atoms with Gasteiger partial charge < -0.3 is 24.1 Å². The van der Waals surface area contributed by atoms with E-state index in [4.69, 9.17) is 18.9 Å². The molecule has 0 amide bonds. The SMILES string of the molecule is CC1=C2C(CC34[C@H]5C[C@@H](C(C)(C)C)C36[C@@H](OC(=O)[C@@H]6O)O[C@@]24C(=O)O5)OC1=O. The van der Waals surface area contributed by atoms with Gasteiger partial charge in [-0.15, -0.1) is 0 Å². The van der Waals surface area contributed by atoms with Crippen molar-refractivity contribution in [1.82, 2.24) is 0 Å². The second-order valence-corrected chi connectivity index (χ2v) is 10.1. The maximum absolute atomic E-state index is 13.2. The van der Waals surface area contributed by atoms with Crippen LogP contribution >= 0.6 is 0 Å². The molecule has 2 spiro atoms. The van der Waals surface area contributed by atoms with Gasteiger partial charge in [0.15, 0.2) is 6.10 Å². The van der Waals surface area contributed by atoms with Gasteiger partial charge in [-0.05, 0) is 24.7 Å². The monoisotopic (exact) mass is 390 g/mol. The highest BCUT2D eigenvalue weighted by atomic mass is 16.7. The molecule has 28 heavy (non-hydrogen) atoms. The molecule has 0 aromatic heterocycles. The van der Waals surface area contributed by atoms with E-state index in [1.165, 1.54) is 0 Å². The molecule has 4 aliphatic heterocycles. The fraction of sp³-hybridized carbons (Fsp3) is 0.750. The summed E-state index contributed by atoms with van der Waals surface area (Å²) in [6, 6.07) is 0. The van der Waals surface area contributed by atoms with Crippen molar-refractivity contribution in [3.05, 3.63) is 11.1 Å². The highest BCUT2D eigenvalue weighted by molar-refractivity contribution is 6.00. The van der Waals surface area contributed by atoms with Crippen LogP contribution in [-0.4, -0.2) is 53.2 Å². The Morgan fingerprint density at radius 3 is 2.50 bits per heavy atom. The molecule has 4 heterocycles. The first-order valence-corrected chi connectivity index (χ1v) is 9.73. The average Bonchev–Trinajstić information content (AvgIpc) is 3.30. The molecule has 0 radical (unpaired) electrons. The first-order valence-electron chi connectivity index (χ1n) is 9.73. The molecule has 8 heteroatoms. The summed E-state index contributed by atoms with van der Waals surface area (Å²) in [4.78, 5) is 37.9. The molecule has 6 rings (SSSR count). The summed E-state index contributed by atoms with van der Waals surface area (Å²) in [6.45, 7) is 7.74. The van der Waals surface area contributed by atoms with Crippen LogP contribution in [0.3, 0.4) is 0 Å². The van der Waals surface area contributed by atoms with Crippen LogP contribution in [-0.2, 0) is 33.3 Å². The Kier molecular flexibility index (Phi) is 2.61. The number of carbonyl (C=O) groups excluding carboxylic acids is 3. The van der Waals surface area contributed by atoms with Crippen molar-refractivity contribution in [3.8, 4) is 0 Å². The first-order chi connectivity index (χ1) is 13.0. The van der Waals surface area contributed by atoms with Gasteiger partial charge in [0, 0.05) is 17.6 Å². The lowest BCUT2D eigenvalue weighted by Gasteiger charge is -2.45. The zero-order chi connectivity index (χ0) is 20.0. The predicted octanol–water partition coefficient (Wildman–Crippen LogP) is 0.609. The van der Waals surface area contributed by atoms with Crippen molar-refractivity contribution in [1.29, 1.82) is 0 Å². The lowest BCUT2D eigenvalue weighted by molar-refractivity contribution is -0.191. The molecular formula is C20H22O8. The van der Waals surface area contributed by atoms with Crippen LogP contribution in [0.25, 0.3) is 0 Å². The summed E-state index contributed by atoms with van der Waals surface area (Å²) >= 11 is 0. The largest absolute Gasteiger partial charge is 0.459 e. The molecule has 5 fully saturated rings. The summed E-state index contributed by atoms with van der Waals surface area (Å²) in [7, 11) is 0. The molecule has 0 bridgehead atoms. The van der Waals surface area contributed by atoms with E-state index >= 15 is 0 Å². The zero-order valence-corrected chi connectivity index (χ0v) is 16.1. The summed E-state index contributed by atoms with van der Waals surface area (Å²) in [6.07, 6.45) is -2.87. The number of rotatable bonds is 0. The highest BCUT2D eigenvalue weighted by Gasteiger charge is 2.96. The third kappa shape index (κ3) is 1.28. The van der Waals surface area contributed by atoms with Crippen LogP contribution in [0, 0.1) is 22.2 Å². The van der Waals surface area contributed by atoms with Crippen LogP contribution in [0.5, 0.6) is 0 Å². The first kappa shape index (κ1) is 17.0. The quantitative estimate of drug-likeness (QED) is 0.473. The van der Waals surface area contributed by atoms with E-state index in [9.17, 15) is 19.5 Å². The van der Waals surface area contributed by atoms with Gasteiger partial charge in [-0.25, -0.2) is 14.4 Å².